The van der Waals surface area contributed by atoms with Crippen LogP contribution in [-0.2, 0) is 17.8 Å². The minimum Gasteiger partial charge on any atom is -0.496 e. The van der Waals surface area contributed by atoms with Crippen molar-refractivity contribution in [1.82, 2.24) is 15.1 Å². The maximum Gasteiger partial charge on any atom is 0.229 e. The summed E-state index contributed by atoms with van der Waals surface area (Å²) < 4.78 is 5.48. The zero-order chi connectivity index (χ0) is 20.1. The van der Waals surface area contributed by atoms with Crippen LogP contribution in [-0.4, -0.2) is 41.2 Å². The summed E-state index contributed by atoms with van der Waals surface area (Å²) in [5, 5.41) is 13.2. The van der Waals surface area contributed by atoms with Crippen molar-refractivity contribution in [3.63, 3.8) is 0 Å². The lowest BCUT2D eigenvalue weighted by Crippen LogP contribution is -2.28. The van der Waals surface area contributed by atoms with Crippen molar-refractivity contribution >= 4 is 22.4 Å². The van der Waals surface area contributed by atoms with Crippen LogP contribution in [0.5, 0.6) is 5.75 Å². The SMILES string of the molecule is COc1ccccc1-c1cccc(CNc2nnc(CC(=O)N3CCCC3)s2)c1. The molecule has 0 bridgehead atoms. The molecule has 1 fully saturated rings. The highest BCUT2D eigenvalue weighted by Gasteiger charge is 2.19. The lowest BCUT2D eigenvalue weighted by molar-refractivity contribution is -0.129. The van der Waals surface area contributed by atoms with E-state index in [1.54, 1.807) is 7.11 Å². The Morgan fingerprint density at radius 1 is 1.14 bits per heavy atom. The topological polar surface area (TPSA) is 67.3 Å². The molecule has 6 nitrogen and oxygen atoms in total. The molecule has 0 atom stereocenters. The number of rotatable bonds is 7. The second kappa shape index (κ2) is 9.05. The Hall–Kier alpha value is -2.93. The fourth-order valence-electron chi connectivity index (χ4n) is 3.51. The van der Waals surface area contributed by atoms with Gasteiger partial charge in [-0.3, -0.25) is 4.79 Å². The van der Waals surface area contributed by atoms with E-state index in [2.05, 4.69) is 39.8 Å². The Morgan fingerprint density at radius 3 is 2.79 bits per heavy atom. The summed E-state index contributed by atoms with van der Waals surface area (Å²) in [5.74, 6) is 1.00. The van der Waals surface area contributed by atoms with Crippen molar-refractivity contribution in [1.29, 1.82) is 0 Å². The van der Waals surface area contributed by atoms with Crippen LogP contribution in [0.15, 0.2) is 48.5 Å². The van der Waals surface area contributed by atoms with Crippen molar-refractivity contribution in [3.8, 4) is 16.9 Å². The standard InChI is InChI=1S/C22H24N4O2S/c1-28-19-10-3-2-9-18(19)17-8-6-7-16(13-17)15-23-22-25-24-20(29-22)14-21(27)26-11-4-5-12-26/h2-3,6-10,13H,4-5,11-12,14-15H2,1H3,(H,23,25). The molecule has 0 unspecified atom stereocenters. The average Bonchev–Trinajstić information content (AvgIpc) is 3.45. The van der Waals surface area contributed by atoms with Gasteiger partial charge in [-0.05, 0) is 36.1 Å². The van der Waals surface area contributed by atoms with Crippen LogP contribution in [0.4, 0.5) is 5.13 Å². The third-order valence-corrected chi connectivity index (χ3v) is 5.90. The molecule has 0 saturated carbocycles. The van der Waals surface area contributed by atoms with Gasteiger partial charge in [0.1, 0.15) is 10.8 Å². The molecule has 3 aromatic rings. The van der Waals surface area contributed by atoms with E-state index < -0.39 is 0 Å². The molecule has 1 N–H and O–H groups in total. The highest BCUT2D eigenvalue weighted by atomic mass is 32.1. The molecular weight excluding hydrogens is 384 g/mol. The van der Waals surface area contributed by atoms with Gasteiger partial charge in [0.15, 0.2) is 0 Å². The highest BCUT2D eigenvalue weighted by molar-refractivity contribution is 7.15. The lowest BCUT2D eigenvalue weighted by atomic mass is 10.0. The van der Waals surface area contributed by atoms with Crippen LogP contribution in [0, 0.1) is 0 Å². The molecule has 2 heterocycles. The van der Waals surface area contributed by atoms with Crippen LogP contribution < -0.4 is 10.1 Å². The minimum atomic E-state index is 0.148. The van der Waals surface area contributed by atoms with Gasteiger partial charge < -0.3 is 15.0 Å². The zero-order valence-electron chi connectivity index (χ0n) is 16.4. The number of carbonyl (C=O) groups is 1. The van der Waals surface area contributed by atoms with Crippen LogP contribution in [0.3, 0.4) is 0 Å². The molecule has 0 aliphatic carbocycles. The Balaban J connectivity index is 1.38. The molecule has 1 aromatic heterocycles. The van der Waals surface area contributed by atoms with Gasteiger partial charge in [-0.15, -0.1) is 10.2 Å². The third kappa shape index (κ3) is 4.74. The van der Waals surface area contributed by atoms with E-state index >= 15 is 0 Å². The van der Waals surface area contributed by atoms with E-state index in [0.717, 1.165) is 58.5 Å². The Kier molecular flexibility index (Phi) is 6.05. The Morgan fingerprint density at radius 2 is 1.97 bits per heavy atom. The van der Waals surface area contributed by atoms with Gasteiger partial charge in [-0.1, -0.05) is 47.7 Å². The molecule has 7 heteroatoms. The van der Waals surface area contributed by atoms with E-state index in [4.69, 9.17) is 4.74 Å². The Bertz CT molecular complexity index is 982. The quantitative estimate of drug-likeness (QED) is 0.640. The van der Waals surface area contributed by atoms with Crippen LogP contribution in [0.2, 0.25) is 0 Å². The summed E-state index contributed by atoms with van der Waals surface area (Å²) in [6, 6.07) is 16.3. The summed E-state index contributed by atoms with van der Waals surface area (Å²) in [5.41, 5.74) is 3.31. The number of para-hydroxylation sites is 1. The minimum absolute atomic E-state index is 0.148. The predicted molar refractivity (Wildman–Crippen MR) is 115 cm³/mol. The number of aromatic nitrogens is 2. The van der Waals surface area contributed by atoms with E-state index in [-0.39, 0.29) is 5.91 Å². The highest BCUT2D eigenvalue weighted by Crippen LogP contribution is 2.30. The second-order valence-corrected chi connectivity index (χ2v) is 8.08. The number of hydrogen-bond donors (Lipinski definition) is 1. The van der Waals surface area contributed by atoms with E-state index in [9.17, 15) is 4.79 Å². The first-order valence-electron chi connectivity index (χ1n) is 9.79. The maximum absolute atomic E-state index is 12.3. The van der Waals surface area contributed by atoms with Gasteiger partial charge in [0.05, 0.1) is 13.5 Å². The van der Waals surface area contributed by atoms with Crippen molar-refractivity contribution in [2.75, 3.05) is 25.5 Å². The zero-order valence-corrected chi connectivity index (χ0v) is 17.2. The first-order chi connectivity index (χ1) is 14.2. The summed E-state index contributed by atoms with van der Waals surface area (Å²) in [6.45, 7) is 2.37. The predicted octanol–water partition coefficient (Wildman–Crippen LogP) is 3.99. The normalized spacial score (nSPS) is 13.5. The number of nitrogens with zero attached hydrogens (tertiary/aromatic N) is 3. The number of anilines is 1. The van der Waals surface area contributed by atoms with Gasteiger partial charge in [-0.2, -0.15) is 0 Å². The first kappa shape index (κ1) is 19.4. The lowest BCUT2D eigenvalue weighted by Gasteiger charge is -2.13. The molecular formula is C22H24N4O2S. The van der Waals surface area contributed by atoms with Crippen LogP contribution in [0.1, 0.15) is 23.4 Å². The van der Waals surface area contributed by atoms with Crippen molar-refractivity contribution in [2.24, 2.45) is 0 Å². The largest absolute Gasteiger partial charge is 0.496 e. The number of amides is 1. The summed E-state index contributed by atoms with van der Waals surface area (Å²) in [4.78, 5) is 14.2. The van der Waals surface area contributed by atoms with Gasteiger partial charge in [0.25, 0.3) is 0 Å². The molecule has 1 amide bonds. The number of ether oxygens (including phenoxy) is 1. The van der Waals surface area contributed by atoms with Crippen molar-refractivity contribution in [2.45, 2.75) is 25.8 Å². The average molecular weight is 409 g/mol. The fourth-order valence-corrected chi connectivity index (χ4v) is 4.24. The summed E-state index contributed by atoms with van der Waals surface area (Å²) in [6.07, 6.45) is 2.54. The number of likely N-dealkylation sites (tertiary alicyclic amines) is 1. The molecule has 29 heavy (non-hydrogen) atoms. The number of carbonyl (C=O) groups excluding carboxylic acids is 1. The molecule has 0 spiro atoms. The molecule has 1 aliphatic heterocycles. The van der Waals surface area contributed by atoms with Crippen LogP contribution >= 0.6 is 11.3 Å². The maximum atomic E-state index is 12.3. The second-order valence-electron chi connectivity index (χ2n) is 7.02. The van der Waals surface area contributed by atoms with Crippen molar-refractivity contribution in [3.05, 3.63) is 59.1 Å². The van der Waals surface area contributed by atoms with Gasteiger partial charge >= 0.3 is 0 Å². The van der Waals surface area contributed by atoms with Gasteiger partial charge in [-0.25, -0.2) is 0 Å². The molecule has 150 valence electrons. The van der Waals surface area contributed by atoms with Gasteiger partial charge in [0, 0.05) is 25.2 Å². The summed E-state index contributed by atoms with van der Waals surface area (Å²) >= 11 is 1.45. The smallest absolute Gasteiger partial charge is 0.229 e. The van der Waals surface area contributed by atoms with Crippen molar-refractivity contribution < 1.29 is 9.53 Å². The first-order valence-corrected chi connectivity index (χ1v) is 10.6. The third-order valence-electron chi connectivity index (χ3n) is 5.02. The van der Waals surface area contributed by atoms with Crippen LogP contribution in [0.25, 0.3) is 11.1 Å². The monoisotopic (exact) mass is 408 g/mol. The number of nitrogens with one attached hydrogen (secondary N) is 1. The number of benzene rings is 2. The molecule has 1 aliphatic rings. The molecule has 4 rings (SSSR count). The summed E-state index contributed by atoms with van der Waals surface area (Å²) in [7, 11) is 1.69. The number of methoxy groups -OCH3 is 1. The fraction of sp³-hybridized carbons (Fsp3) is 0.318. The molecule has 0 radical (unpaired) electrons. The van der Waals surface area contributed by atoms with E-state index in [1.165, 1.54) is 11.3 Å². The van der Waals surface area contributed by atoms with E-state index in [1.807, 2.05) is 29.2 Å². The molecule has 2 aromatic carbocycles. The van der Waals surface area contributed by atoms with Gasteiger partial charge in [0.2, 0.25) is 11.0 Å². The number of hydrogen-bond acceptors (Lipinski definition) is 6. The molecule has 1 saturated heterocycles. The van der Waals surface area contributed by atoms with E-state index in [0.29, 0.717) is 13.0 Å². The Labute approximate surface area is 174 Å².